The number of nitrogens with zero attached hydrogens (tertiary/aromatic N) is 2. The molecule has 2 aromatic rings. The molecule has 5 nitrogen and oxygen atoms in total. The maximum atomic E-state index is 12.8. The van der Waals surface area contributed by atoms with Gasteiger partial charge in [0.05, 0.1) is 5.56 Å². The van der Waals surface area contributed by atoms with Crippen molar-refractivity contribution in [1.82, 2.24) is 0 Å². The highest BCUT2D eigenvalue weighted by Gasteiger charge is 2.31. The van der Waals surface area contributed by atoms with Crippen LogP contribution in [0.3, 0.4) is 0 Å². The van der Waals surface area contributed by atoms with Crippen LogP contribution in [0, 0.1) is 0 Å². The van der Waals surface area contributed by atoms with E-state index in [0.717, 1.165) is 5.69 Å². The minimum Gasteiger partial charge on any atom is -0.478 e. The Hall–Kier alpha value is -2.82. The second-order valence-corrected chi connectivity index (χ2v) is 6.19. The van der Waals surface area contributed by atoms with Gasteiger partial charge >= 0.3 is 12.0 Å². The highest BCUT2D eigenvalue weighted by Crippen LogP contribution is 2.28. The molecule has 0 spiro atoms. The summed E-state index contributed by atoms with van der Waals surface area (Å²) in [6, 6.07) is 14.4. The van der Waals surface area contributed by atoms with Crippen LogP contribution in [-0.2, 0) is 0 Å². The molecule has 2 aromatic carbocycles. The Bertz CT molecular complexity index is 786. The van der Waals surface area contributed by atoms with Crippen LogP contribution in [0.25, 0.3) is 0 Å². The standard InChI is InChI=1S/C19H20N2O3/c1-13(2)14-5-3-7-16(11-14)20-9-10-21(19(20)24)17-8-4-6-15(12-17)18(22)23/h3-8,11-13H,9-10H2,1-2H3,(H,22,23). The molecular formula is C19H20N2O3. The monoisotopic (exact) mass is 324 g/mol. The number of hydrogen-bond donors (Lipinski definition) is 1. The Labute approximate surface area is 141 Å². The number of rotatable bonds is 4. The van der Waals surface area contributed by atoms with Crippen LogP contribution in [0.2, 0.25) is 0 Å². The molecule has 24 heavy (non-hydrogen) atoms. The second-order valence-electron chi connectivity index (χ2n) is 6.19. The van der Waals surface area contributed by atoms with E-state index in [1.165, 1.54) is 17.7 Å². The van der Waals surface area contributed by atoms with Crippen molar-refractivity contribution in [3.05, 3.63) is 59.7 Å². The van der Waals surface area contributed by atoms with Crippen LogP contribution in [0.4, 0.5) is 16.2 Å². The van der Waals surface area contributed by atoms with E-state index in [0.29, 0.717) is 24.7 Å². The molecule has 0 aliphatic carbocycles. The van der Waals surface area contributed by atoms with E-state index >= 15 is 0 Å². The molecule has 0 unspecified atom stereocenters. The maximum absolute atomic E-state index is 12.8. The van der Waals surface area contributed by atoms with Crippen molar-refractivity contribution in [2.45, 2.75) is 19.8 Å². The van der Waals surface area contributed by atoms with Crippen LogP contribution < -0.4 is 9.80 Å². The molecule has 0 atom stereocenters. The summed E-state index contributed by atoms with van der Waals surface area (Å²) in [6.45, 7) is 5.36. The summed E-state index contributed by atoms with van der Waals surface area (Å²) in [5.41, 5.74) is 2.86. The van der Waals surface area contributed by atoms with Gasteiger partial charge in [0.1, 0.15) is 0 Å². The summed E-state index contributed by atoms with van der Waals surface area (Å²) >= 11 is 0. The van der Waals surface area contributed by atoms with Gasteiger partial charge in [0, 0.05) is 24.5 Å². The fraction of sp³-hybridized carbons (Fsp3) is 0.263. The SMILES string of the molecule is CC(C)c1cccc(N2CCN(c3cccc(C(=O)O)c3)C2=O)c1. The Morgan fingerprint density at radius 1 is 1.00 bits per heavy atom. The van der Waals surface area contributed by atoms with Gasteiger partial charge in [-0.25, -0.2) is 9.59 Å². The number of anilines is 2. The van der Waals surface area contributed by atoms with E-state index in [-0.39, 0.29) is 11.6 Å². The number of benzene rings is 2. The Balaban J connectivity index is 1.86. The third-order valence-electron chi connectivity index (χ3n) is 4.26. The summed E-state index contributed by atoms with van der Waals surface area (Å²) in [7, 11) is 0. The molecule has 0 saturated carbocycles. The largest absolute Gasteiger partial charge is 0.478 e. The lowest BCUT2D eigenvalue weighted by molar-refractivity contribution is 0.0697. The molecule has 1 N–H and O–H groups in total. The average molecular weight is 324 g/mol. The maximum Gasteiger partial charge on any atom is 0.335 e. The minimum absolute atomic E-state index is 0.126. The fourth-order valence-electron chi connectivity index (χ4n) is 2.87. The van der Waals surface area contributed by atoms with Crippen molar-refractivity contribution in [2.24, 2.45) is 0 Å². The number of carboxylic acids is 1. The zero-order chi connectivity index (χ0) is 17.3. The normalized spacial score (nSPS) is 14.5. The lowest BCUT2D eigenvalue weighted by atomic mass is 10.0. The summed E-state index contributed by atoms with van der Waals surface area (Å²) in [5.74, 6) is -0.601. The highest BCUT2D eigenvalue weighted by molar-refractivity contribution is 6.06. The molecule has 3 rings (SSSR count). The fourth-order valence-corrected chi connectivity index (χ4v) is 2.87. The Kier molecular flexibility index (Phi) is 4.25. The van der Waals surface area contributed by atoms with E-state index < -0.39 is 5.97 Å². The number of amides is 2. The number of hydrogen-bond acceptors (Lipinski definition) is 2. The lowest BCUT2D eigenvalue weighted by Gasteiger charge is -2.20. The Morgan fingerprint density at radius 2 is 1.58 bits per heavy atom. The summed E-state index contributed by atoms with van der Waals surface area (Å²) < 4.78 is 0. The van der Waals surface area contributed by atoms with Crippen molar-refractivity contribution in [3.63, 3.8) is 0 Å². The molecule has 0 radical (unpaired) electrons. The predicted molar refractivity (Wildman–Crippen MR) is 94.0 cm³/mol. The van der Waals surface area contributed by atoms with Crippen LogP contribution >= 0.6 is 0 Å². The molecule has 0 aromatic heterocycles. The molecule has 1 heterocycles. The van der Waals surface area contributed by atoms with Gasteiger partial charge in [-0.15, -0.1) is 0 Å². The Morgan fingerprint density at radius 3 is 2.17 bits per heavy atom. The van der Waals surface area contributed by atoms with Gasteiger partial charge in [-0.2, -0.15) is 0 Å². The van der Waals surface area contributed by atoms with E-state index in [1.807, 2.05) is 18.2 Å². The van der Waals surface area contributed by atoms with Gasteiger partial charge in [0.2, 0.25) is 0 Å². The molecular weight excluding hydrogens is 304 g/mol. The van der Waals surface area contributed by atoms with Gasteiger partial charge in [-0.3, -0.25) is 9.80 Å². The van der Waals surface area contributed by atoms with E-state index in [1.54, 1.807) is 21.9 Å². The third-order valence-corrected chi connectivity index (χ3v) is 4.26. The van der Waals surface area contributed by atoms with Crippen LogP contribution in [0.15, 0.2) is 48.5 Å². The summed E-state index contributed by atoms with van der Waals surface area (Å²) in [4.78, 5) is 27.3. The van der Waals surface area contributed by atoms with Crippen molar-refractivity contribution < 1.29 is 14.7 Å². The molecule has 1 fully saturated rings. The van der Waals surface area contributed by atoms with Crippen molar-refractivity contribution in [2.75, 3.05) is 22.9 Å². The lowest BCUT2D eigenvalue weighted by Crippen LogP contribution is -2.31. The van der Waals surface area contributed by atoms with E-state index in [4.69, 9.17) is 5.11 Å². The van der Waals surface area contributed by atoms with Gasteiger partial charge in [0.25, 0.3) is 0 Å². The zero-order valence-electron chi connectivity index (χ0n) is 13.8. The molecule has 1 saturated heterocycles. The minimum atomic E-state index is -0.995. The van der Waals surface area contributed by atoms with Gasteiger partial charge < -0.3 is 5.11 Å². The topological polar surface area (TPSA) is 60.9 Å². The van der Waals surface area contributed by atoms with Crippen molar-refractivity contribution >= 4 is 23.4 Å². The first-order valence-corrected chi connectivity index (χ1v) is 7.99. The molecule has 1 aliphatic heterocycles. The smallest absolute Gasteiger partial charge is 0.335 e. The van der Waals surface area contributed by atoms with Crippen LogP contribution in [0.1, 0.15) is 35.7 Å². The highest BCUT2D eigenvalue weighted by atomic mass is 16.4. The number of carbonyl (C=O) groups is 2. The first-order valence-electron chi connectivity index (χ1n) is 7.99. The van der Waals surface area contributed by atoms with Crippen LogP contribution in [0.5, 0.6) is 0 Å². The van der Waals surface area contributed by atoms with Gasteiger partial charge in [-0.05, 0) is 41.8 Å². The zero-order valence-corrected chi connectivity index (χ0v) is 13.8. The number of carboxylic acid groups (broad SMARTS) is 1. The summed E-state index contributed by atoms with van der Waals surface area (Å²) in [5, 5.41) is 9.12. The molecule has 5 heteroatoms. The first-order chi connectivity index (χ1) is 11.5. The third kappa shape index (κ3) is 2.97. The first kappa shape index (κ1) is 16.1. The number of carbonyl (C=O) groups excluding carboxylic acids is 1. The van der Waals surface area contributed by atoms with E-state index in [9.17, 15) is 9.59 Å². The molecule has 2 amide bonds. The van der Waals surface area contributed by atoms with Crippen molar-refractivity contribution in [3.8, 4) is 0 Å². The average Bonchev–Trinajstić information content (AvgIpc) is 2.96. The van der Waals surface area contributed by atoms with Gasteiger partial charge in [-0.1, -0.05) is 32.0 Å². The number of aromatic carboxylic acids is 1. The number of urea groups is 1. The quantitative estimate of drug-likeness (QED) is 0.926. The van der Waals surface area contributed by atoms with E-state index in [2.05, 4.69) is 19.9 Å². The second kappa shape index (κ2) is 6.35. The van der Waals surface area contributed by atoms with Gasteiger partial charge in [0.15, 0.2) is 0 Å². The van der Waals surface area contributed by atoms with Crippen molar-refractivity contribution in [1.29, 1.82) is 0 Å². The predicted octanol–water partition coefficient (Wildman–Crippen LogP) is 3.95. The summed E-state index contributed by atoms with van der Waals surface area (Å²) in [6.07, 6.45) is 0. The molecule has 0 bridgehead atoms. The molecule has 1 aliphatic rings. The molecule has 124 valence electrons. The van der Waals surface area contributed by atoms with Crippen LogP contribution in [-0.4, -0.2) is 30.2 Å².